The van der Waals surface area contributed by atoms with E-state index in [4.69, 9.17) is 9.84 Å². The lowest BCUT2D eigenvalue weighted by atomic mass is 10.1. The van der Waals surface area contributed by atoms with Crippen LogP contribution in [0.1, 0.15) is 21.5 Å². The average Bonchev–Trinajstić information content (AvgIpc) is 2.58. The summed E-state index contributed by atoms with van der Waals surface area (Å²) in [4.78, 5) is 22.4. The largest absolute Gasteiger partial charge is 0.482 e. The Hall–Kier alpha value is -3.09. The van der Waals surface area contributed by atoms with Crippen molar-refractivity contribution >= 4 is 17.8 Å². The Balaban J connectivity index is 2.01. The first-order chi connectivity index (χ1) is 11.8. The van der Waals surface area contributed by atoms with Crippen LogP contribution in [0.3, 0.4) is 0 Å². The Morgan fingerprint density at radius 2 is 1.60 bits per heavy atom. The highest BCUT2D eigenvalue weighted by Gasteiger charge is 2.29. The fourth-order valence-electron chi connectivity index (χ4n) is 1.91. The highest BCUT2D eigenvalue weighted by atomic mass is 19.4. The maximum absolute atomic E-state index is 12.5. The molecular formula is C18H13F3O4. The number of ketones is 1. The van der Waals surface area contributed by atoms with Gasteiger partial charge in [0.05, 0.1) is 5.56 Å². The van der Waals surface area contributed by atoms with E-state index in [9.17, 15) is 22.8 Å². The summed E-state index contributed by atoms with van der Waals surface area (Å²) in [5.74, 6) is -1.14. The zero-order chi connectivity index (χ0) is 18.4. The zero-order valence-electron chi connectivity index (χ0n) is 12.8. The molecule has 2 aromatic rings. The van der Waals surface area contributed by atoms with E-state index in [0.29, 0.717) is 16.9 Å². The fourth-order valence-corrected chi connectivity index (χ4v) is 1.91. The molecule has 0 heterocycles. The summed E-state index contributed by atoms with van der Waals surface area (Å²) in [6, 6.07) is 10.3. The second kappa shape index (κ2) is 7.65. The van der Waals surface area contributed by atoms with Gasteiger partial charge in [-0.3, -0.25) is 4.79 Å². The van der Waals surface area contributed by atoms with Gasteiger partial charge in [-0.2, -0.15) is 13.2 Å². The first kappa shape index (κ1) is 18.3. The molecule has 0 spiro atoms. The van der Waals surface area contributed by atoms with E-state index in [1.165, 1.54) is 48.6 Å². The standard InChI is InChI=1S/C18H13F3O4/c19-18(20,21)14-6-1-12(2-7-14)3-10-16(22)13-4-8-15(9-5-13)25-11-17(23)24/h1-10H,11H2,(H,23,24)/b10-3+. The van der Waals surface area contributed by atoms with E-state index in [2.05, 4.69) is 0 Å². The third-order valence-corrected chi connectivity index (χ3v) is 3.17. The lowest BCUT2D eigenvalue weighted by Gasteiger charge is -2.06. The highest BCUT2D eigenvalue weighted by Crippen LogP contribution is 2.29. The molecule has 2 rings (SSSR count). The molecule has 25 heavy (non-hydrogen) atoms. The predicted octanol–water partition coefficient (Wildman–Crippen LogP) is 4.06. The quantitative estimate of drug-likeness (QED) is 0.630. The SMILES string of the molecule is O=C(O)COc1ccc(C(=O)/C=C/c2ccc(C(F)(F)F)cc2)cc1. The van der Waals surface area contributed by atoms with Crippen LogP contribution in [-0.4, -0.2) is 23.5 Å². The first-order valence-electron chi connectivity index (χ1n) is 7.10. The third kappa shape index (κ3) is 5.49. The number of allylic oxidation sites excluding steroid dienone is 1. The van der Waals surface area contributed by atoms with Gasteiger partial charge in [-0.1, -0.05) is 18.2 Å². The van der Waals surface area contributed by atoms with Crippen molar-refractivity contribution in [3.63, 3.8) is 0 Å². The van der Waals surface area contributed by atoms with Crippen LogP contribution in [-0.2, 0) is 11.0 Å². The summed E-state index contributed by atoms with van der Waals surface area (Å²) in [6.45, 7) is -0.485. The van der Waals surface area contributed by atoms with E-state index in [1.807, 2.05) is 0 Å². The van der Waals surface area contributed by atoms with Crippen molar-refractivity contribution in [3.8, 4) is 5.75 Å². The van der Waals surface area contributed by atoms with Crippen molar-refractivity contribution < 1.29 is 32.6 Å². The van der Waals surface area contributed by atoms with E-state index in [0.717, 1.165) is 12.1 Å². The number of alkyl halides is 3. The Kier molecular flexibility index (Phi) is 5.59. The van der Waals surface area contributed by atoms with Crippen LogP contribution < -0.4 is 4.74 Å². The van der Waals surface area contributed by atoms with Crippen LogP contribution in [0.4, 0.5) is 13.2 Å². The zero-order valence-corrected chi connectivity index (χ0v) is 12.8. The van der Waals surface area contributed by atoms with Gasteiger partial charge in [-0.05, 0) is 48.0 Å². The van der Waals surface area contributed by atoms with E-state index >= 15 is 0 Å². The van der Waals surface area contributed by atoms with Crippen LogP contribution in [0.2, 0.25) is 0 Å². The van der Waals surface area contributed by atoms with Crippen LogP contribution in [0.25, 0.3) is 6.08 Å². The molecule has 0 amide bonds. The van der Waals surface area contributed by atoms with Crippen LogP contribution in [0.15, 0.2) is 54.6 Å². The summed E-state index contributed by atoms with van der Waals surface area (Å²) in [6.07, 6.45) is -1.74. The predicted molar refractivity (Wildman–Crippen MR) is 84.4 cm³/mol. The molecule has 0 aliphatic rings. The van der Waals surface area contributed by atoms with Gasteiger partial charge in [-0.15, -0.1) is 0 Å². The molecule has 130 valence electrons. The number of carboxylic acids is 1. The summed E-state index contributed by atoms with van der Waals surface area (Å²) in [5.41, 5.74) is 0.0431. The molecular weight excluding hydrogens is 337 g/mol. The van der Waals surface area contributed by atoms with Gasteiger partial charge in [-0.25, -0.2) is 4.79 Å². The van der Waals surface area contributed by atoms with Gasteiger partial charge < -0.3 is 9.84 Å². The number of carbonyl (C=O) groups excluding carboxylic acids is 1. The molecule has 0 bridgehead atoms. The van der Waals surface area contributed by atoms with Gasteiger partial charge in [0, 0.05) is 5.56 Å². The number of aliphatic carboxylic acids is 1. The van der Waals surface area contributed by atoms with Crippen molar-refractivity contribution in [1.82, 2.24) is 0 Å². The molecule has 4 nitrogen and oxygen atoms in total. The molecule has 2 aromatic carbocycles. The number of carboxylic acid groups (broad SMARTS) is 1. The smallest absolute Gasteiger partial charge is 0.416 e. The van der Waals surface area contributed by atoms with Crippen molar-refractivity contribution in [2.24, 2.45) is 0 Å². The van der Waals surface area contributed by atoms with Gasteiger partial charge >= 0.3 is 12.1 Å². The average molecular weight is 350 g/mol. The van der Waals surface area contributed by atoms with E-state index in [-0.39, 0.29) is 5.78 Å². The molecule has 0 saturated heterocycles. The maximum Gasteiger partial charge on any atom is 0.416 e. The highest BCUT2D eigenvalue weighted by molar-refractivity contribution is 6.06. The number of hydrogen-bond donors (Lipinski definition) is 1. The number of ether oxygens (including phenoxy) is 1. The molecule has 0 aliphatic heterocycles. The number of carbonyl (C=O) groups is 2. The first-order valence-corrected chi connectivity index (χ1v) is 7.10. The van der Waals surface area contributed by atoms with Gasteiger partial charge in [0.2, 0.25) is 0 Å². The lowest BCUT2D eigenvalue weighted by Crippen LogP contribution is -2.09. The number of benzene rings is 2. The van der Waals surface area contributed by atoms with Crippen molar-refractivity contribution in [2.75, 3.05) is 6.61 Å². The summed E-state index contributed by atoms with van der Waals surface area (Å²) < 4.78 is 42.4. The maximum atomic E-state index is 12.5. The van der Waals surface area contributed by atoms with Crippen LogP contribution >= 0.6 is 0 Å². The molecule has 0 aliphatic carbocycles. The normalized spacial score (nSPS) is 11.5. The van der Waals surface area contributed by atoms with E-state index in [1.54, 1.807) is 0 Å². The summed E-state index contributed by atoms with van der Waals surface area (Å²) >= 11 is 0. The van der Waals surface area contributed by atoms with Crippen LogP contribution in [0.5, 0.6) is 5.75 Å². The Labute approximate surface area is 141 Å². The monoisotopic (exact) mass is 350 g/mol. The summed E-state index contributed by atoms with van der Waals surface area (Å²) in [7, 11) is 0. The Morgan fingerprint density at radius 1 is 1.00 bits per heavy atom. The molecule has 0 saturated carbocycles. The van der Waals surface area contributed by atoms with Gasteiger partial charge in [0.25, 0.3) is 0 Å². The fraction of sp³-hybridized carbons (Fsp3) is 0.111. The molecule has 0 unspecified atom stereocenters. The van der Waals surface area contributed by atoms with E-state index < -0.39 is 24.3 Å². The third-order valence-electron chi connectivity index (χ3n) is 3.17. The van der Waals surface area contributed by atoms with Crippen molar-refractivity contribution in [1.29, 1.82) is 0 Å². The molecule has 7 heteroatoms. The lowest BCUT2D eigenvalue weighted by molar-refractivity contribution is -0.139. The molecule has 0 atom stereocenters. The molecule has 0 aromatic heterocycles. The summed E-state index contributed by atoms with van der Waals surface area (Å²) in [5, 5.41) is 8.51. The number of halogens is 3. The second-order valence-corrected chi connectivity index (χ2v) is 5.02. The minimum absolute atomic E-state index is 0.311. The molecule has 1 N–H and O–H groups in total. The molecule has 0 fully saturated rings. The topological polar surface area (TPSA) is 63.6 Å². The van der Waals surface area contributed by atoms with Gasteiger partial charge in [0.1, 0.15) is 5.75 Å². The Morgan fingerprint density at radius 3 is 2.12 bits per heavy atom. The molecule has 0 radical (unpaired) electrons. The Bertz CT molecular complexity index is 775. The minimum Gasteiger partial charge on any atom is -0.482 e. The van der Waals surface area contributed by atoms with Crippen molar-refractivity contribution in [2.45, 2.75) is 6.18 Å². The van der Waals surface area contributed by atoms with Crippen LogP contribution in [0, 0.1) is 0 Å². The number of rotatable bonds is 6. The van der Waals surface area contributed by atoms with Crippen molar-refractivity contribution in [3.05, 3.63) is 71.3 Å². The number of hydrogen-bond acceptors (Lipinski definition) is 3. The second-order valence-electron chi connectivity index (χ2n) is 5.02. The minimum atomic E-state index is -4.40. The van der Waals surface area contributed by atoms with Gasteiger partial charge in [0.15, 0.2) is 12.4 Å².